The third-order valence-electron chi connectivity index (χ3n) is 13.4. The van der Waals surface area contributed by atoms with Gasteiger partial charge in [-0.15, -0.1) is 0 Å². The van der Waals surface area contributed by atoms with Gasteiger partial charge in [0.05, 0.1) is 0 Å². The Kier molecular flexibility index (Phi) is 55.7. The van der Waals surface area contributed by atoms with Crippen molar-refractivity contribution in [1.29, 1.82) is 0 Å². The van der Waals surface area contributed by atoms with Crippen molar-refractivity contribution in [2.24, 2.45) is 0 Å². The summed E-state index contributed by atoms with van der Waals surface area (Å²) in [5.41, 5.74) is 0. The molecule has 0 radical (unpaired) electrons. The van der Waals surface area contributed by atoms with Crippen LogP contribution in [0.3, 0.4) is 0 Å². The van der Waals surface area contributed by atoms with E-state index in [1.807, 2.05) is 0 Å². The average molecular weight is 968 g/mol. The molecule has 0 fully saturated rings. The van der Waals surface area contributed by atoms with Gasteiger partial charge in [-0.05, 0) is 64.2 Å². The van der Waals surface area contributed by atoms with Gasteiger partial charge in [0.25, 0.3) is 0 Å². The maximum absolute atomic E-state index is 12.9. The van der Waals surface area contributed by atoms with Crippen molar-refractivity contribution in [3.05, 3.63) is 48.6 Å². The summed E-state index contributed by atoms with van der Waals surface area (Å²) in [4.78, 5) is 38.2. The first-order chi connectivity index (χ1) is 34.0. The van der Waals surface area contributed by atoms with Crippen molar-refractivity contribution in [3.63, 3.8) is 0 Å². The molecule has 0 aromatic carbocycles. The minimum atomic E-state index is -0.781. The van der Waals surface area contributed by atoms with Crippen molar-refractivity contribution in [2.75, 3.05) is 13.2 Å². The standard InChI is InChI=1S/C63H114O6/c1-4-7-10-13-16-19-22-25-27-29-31-33-35-38-41-44-47-50-53-56-62(65)68-59-60(58-67-61(64)55-52-49-46-43-40-37-24-21-18-15-12-9-6-3)69-63(66)57-54-51-48-45-42-39-36-34-32-30-28-26-23-20-17-14-11-8-5-2/h9,12,15,18,21,24,29,31,60H,4-8,10-11,13-14,16-17,19-20,22-23,25-28,30,32-59H2,1-3H3/b12-9+,18-15+,24-21+,31-29+. The Morgan fingerprint density at radius 2 is 0.580 bits per heavy atom. The number of hydrogen-bond donors (Lipinski definition) is 0. The summed E-state index contributed by atoms with van der Waals surface area (Å²) in [5.74, 6) is -0.886. The molecule has 1 atom stereocenters. The molecule has 0 heterocycles. The Morgan fingerprint density at radius 3 is 0.913 bits per heavy atom. The van der Waals surface area contributed by atoms with Gasteiger partial charge in [-0.3, -0.25) is 14.4 Å². The maximum atomic E-state index is 12.9. The van der Waals surface area contributed by atoms with Crippen LogP contribution in [0.15, 0.2) is 48.6 Å². The van der Waals surface area contributed by atoms with Crippen LogP contribution in [0, 0.1) is 0 Å². The van der Waals surface area contributed by atoms with E-state index in [-0.39, 0.29) is 31.1 Å². The van der Waals surface area contributed by atoms with Gasteiger partial charge in [0, 0.05) is 19.3 Å². The lowest BCUT2D eigenvalue weighted by molar-refractivity contribution is -0.167. The summed E-state index contributed by atoms with van der Waals surface area (Å²) >= 11 is 0. The predicted octanol–water partition coefficient (Wildman–Crippen LogP) is 20.2. The van der Waals surface area contributed by atoms with E-state index in [2.05, 4.69) is 69.4 Å². The lowest BCUT2D eigenvalue weighted by atomic mass is 10.0. The average Bonchev–Trinajstić information content (AvgIpc) is 3.35. The number of carbonyl (C=O) groups is 3. The van der Waals surface area contributed by atoms with Crippen LogP contribution in [0.4, 0.5) is 0 Å². The minimum Gasteiger partial charge on any atom is -0.462 e. The van der Waals surface area contributed by atoms with Gasteiger partial charge >= 0.3 is 17.9 Å². The molecule has 0 spiro atoms. The topological polar surface area (TPSA) is 78.9 Å². The van der Waals surface area contributed by atoms with E-state index >= 15 is 0 Å². The van der Waals surface area contributed by atoms with Crippen LogP contribution in [-0.2, 0) is 28.6 Å². The summed E-state index contributed by atoms with van der Waals surface area (Å²) in [6.45, 7) is 6.53. The van der Waals surface area contributed by atoms with Crippen LogP contribution in [0.25, 0.3) is 0 Å². The monoisotopic (exact) mass is 967 g/mol. The third-order valence-corrected chi connectivity index (χ3v) is 13.4. The van der Waals surface area contributed by atoms with Gasteiger partial charge in [0.1, 0.15) is 13.2 Å². The number of allylic oxidation sites excluding steroid dienone is 8. The van der Waals surface area contributed by atoms with Crippen LogP contribution in [0.2, 0.25) is 0 Å². The molecule has 0 saturated carbocycles. The Hall–Kier alpha value is -2.63. The summed E-state index contributed by atoms with van der Waals surface area (Å²) in [5, 5.41) is 0. The highest BCUT2D eigenvalue weighted by Gasteiger charge is 2.19. The first-order valence-electron chi connectivity index (χ1n) is 30.2. The first-order valence-corrected chi connectivity index (χ1v) is 30.2. The van der Waals surface area contributed by atoms with Crippen LogP contribution in [0.5, 0.6) is 0 Å². The molecule has 69 heavy (non-hydrogen) atoms. The predicted molar refractivity (Wildman–Crippen MR) is 298 cm³/mol. The van der Waals surface area contributed by atoms with Crippen molar-refractivity contribution >= 4 is 17.9 Å². The van der Waals surface area contributed by atoms with Crippen LogP contribution < -0.4 is 0 Å². The normalized spacial score (nSPS) is 12.3. The summed E-state index contributed by atoms with van der Waals surface area (Å²) in [7, 11) is 0. The number of hydrogen-bond acceptors (Lipinski definition) is 6. The second-order valence-electron chi connectivity index (χ2n) is 20.3. The van der Waals surface area contributed by atoms with Gasteiger partial charge in [-0.1, -0.05) is 281 Å². The Labute approximate surface area is 428 Å². The van der Waals surface area contributed by atoms with Crippen molar-refractivity contribution in [1.82, 2.24) is 0 Å². The highest BCUT2D eigenvalue weighted by Crippen LogP contribution is 2.17. The summed E-state index contributed by atoms with van der Waals surface area (Å²) in [6, 6.07) is 0. The number of carbonyl (C=O) groups excluding carboxylic acids is 3. The molecule has 0 N–H and O–H groups in total. The molecule has 1 unspecified atom stereocenters. The lowest BCUT2D eigenvalue weighted by Crippen LogP contribution is -2.30. The highest BCUT2D eigenvalue weighted by atomic mass is 16.6. The number of unbranched alkanes of at least 4 members (excludes halogenated alkanes) is 38. The van der Waals surface area contributed by atoms with Gasteiger partial charge in [0.2, 0.25) is 0 Å². The van der Waals surface area contributed by atoms with E-state index in [0.29, 0.717) is 19.3 Å². The minimum absolute atomic E-state index is 0.0791. The van der Waals surface area contributed by atoms with E-state index in [9.17, 15) is 14.4 Å². The Balaban J connectivity index is 4.33. The fraction of sp³-hybridized carbons (Fsp3) is 0.825. The first kappa shape index (κ1) is 66.4. The van der Waals surface area contributed by atoms with E-state index in [0.717, 1.165) is 83.5 Å². The van der Waals surface area contributed by atoms with Gasteiger partial charge in [0.15, 0.2) is 6.10 Å². The van der Waals surface area contributed by atoms with Gasteiger partial charge < -0.3 is 14.2 Å². The van der Waals surface area contributed by atoms with E-state index in [1.54, 1.807) is 0 Å². The maximum Gasteiger partial charge on any atom is 0.306 e. The van der Waals surface area contributed by atoms with Gasteiger partial charge in [-0.2, -0.15) is 0 Å². The Morgan fingerprint density at radius 1 is 0.304 bits per heavy atom. The zero-order valence-electron chi connectivity index (χ0n) is 46.1. The second kappa shape index (κ2) is 57.9. The molecule has 0 amide bonds. The number of rotatable bonds is 55. The molecule has 6 nitrogen and oxygen atoms in total. The molecule has 0 aliphatic carbocycles. The molecule has 0 bridgehead atoms. The van der Waals surface area contributed by atoms with E-state index in [1.165, 1.54) is 193 Å². The van der Waals surface area contributed by atoms with E-state index in [4.69, 9.17) is 14.2 Å². The van der Waals surface area contributed by atoms with Gasteiger partial charge in [-0.25, -0.2) is 0 Å². The van der Waals surface area contributed by atoms with Crippen molar-refractivity contribution in [3.8, 4) is 0 Å². The van der Waals surface area contributed by atoms with Crippen LogP contribution in [-0.4, -0.2) is 37.2 Å². The molecule has 0 aromatic rings. The lowest BCUT2D eigenvalue weighted by Gasteiger charge is -2.18. The molecule has 6 heteroatoms. The Bertz CT molecular complexity index is 1200. The van der Waals surface area contributed by atoms with Crippen LogP contribution in [0.1, 0.15) is 316 Å². The molecule has 402 valence electrons. The zero-order valence-corrected chi connectivity index (χ0v) is 46.1. The number of ether oxygens (including phenoxy) is 3. The molecular formula is C63H114O6. The summed E-state index contributed by atoms with van der Waals surface area (Å²) < 4.78 is 16.9. The molecule has 0 aliphatic rings. The third kappa shape index (κ3) is 56.2. The largest absolute Gasteiger partial charge is 0.462 e. The molecule has 0 aromatic heterocycles. The molecule has 0 aliphatic heterocycles. The molecule has 0 rings (SSSR count). The quantitative estimate of drug-likeness (QED) is 0.0199. The van der Waals surface area contributed by atoms with Crippen molar-refractivity contribution < 1.29 is 28.6 Å². The number of esters is 3. The van der Waals surface area contributed by atoms with Crippen molar-refractivity contribution in [2.45, 2.75) is 322 Å². The fourth-order valence-corrected chi connectivity index (χ4v) is 8.85. The fourth-order valence-electron chi connectivity index (χ4n) is 8.85. The molecule has 0 saturated heterocycles. The SMILES string of the molecule is CC/C=C/C=C/C=C/CCCCCCCC(=O)OCC(COC(=O)CCCCCCCCC/C=C/CCCCCCCCCC)OC(=O)CCCCCCCCCCCCCCCCCCCCC. The molecular weight excluding hydrogens is 853 g/mol. The highest BCUT2D eigenvalue weighted by molar-refractivity contribution is 5.71. The smallest absolute Gasteiger partial charge is 0.306 e. The zero-order chi connectivity index (χ0) is 50.0. The second-order valence-corrected chi connectivity index (χ2v) is 20.3. The summed E-state index contributed by atoms with van der Waals surface area (Å²) in [6.07, 6.45) is 71.1. The van der Waals surface area contributed by atoms with E-state index < -0.39 is 6.10 Å². The van der Waals surface area contributed by atoms with Crippen LogP contribution >= 0.6 is 0 Å².